The van der Waals surface area contributed by atoms with E-state index in [-0.39, 0.29) is 16.7 Å². The molecule has 0 unspecified atom stereocenters. The number of methoxy groups -OCH3 is 1. The Labute approximate surface area is 89.6 Å². The minimum atomic E-state index is -0.505. The Bertz CT molecular complexity index is 487. The first-order chi connectivity index (χ1) is 7.20. The standard InChI is InChI=1S/C9H6ClFN2O2/c1-14-5-2-3-6(7(11)4-5)8-12-9(10)13-15-8/h2-4H,1H3. The van der Waals surface area contributed by atoms with Crippen LogP contribution in [-0.2, 0) is 0 Å². The zero-order valence-electron chi connectivity index (χ0n) is 7.70. The molecule has 0 N–H and O–H groups in total. The van der Waals surface area contributed by atoms with Gasteiger partial charge < -0.3 is 9.26 Å². The van der Waals surface area contributed by atoms with Crippen LogP contribution in [0.1, 0.15) is 0 Å². The normalized spacial score (nSPS) is 10.3. The summed E-state index contributed by atoms with van der Waals surface area (Å²) >= 11 is 5.46. The van der Waals surface area contributed by atoms with Crippen LogP contribution in [0.15, 0.2) is 22.7 Å². The van der Waals surface area contributed by atoms with Crippen molar-refractivity contribution in [3.63, 3.8) is 0 Å². The molecule has 0 saturated heterocycles. The van der Waals surface area contributed by atoms with Gasteiger partial charge in [-0.2, -0.15) is 4.98 Å². The van der Waals surface area contributed by atoms with E-state index in [1.807, 2.05) is 0 Å². The number of aromatic nitrogens is 2. The van der Waals surface area contributed by atoms with Crippen LogP contribution in [0.3, 0.4) is 0 Å². The summed E-state index contributed by atoms with van der Waals surface area (Å²) in [6, 6.07) is 4.31. The van der Waals surface area contributed by atoms with Gasteiger partial charge in [0, 0.05) is 6.07 Å². The smallest absolute Gasteiger partial charge is 0.264 e. The number of hydrogen-bond donors (Lipinski definition) is 0. The highest BCUT2D eigenvalue weighted by atomic mass is 35.5. The van der Waals surface area contributed by atoms with Crippen LogP contribution in [0.5, 0.6) is 5.75 Å². The van der Waals surface area contributed by atoms with Gasteiger partial charge in [-0.15, -0.1) is 0 Å². The van der Waals surface area contributed by atoms with Gasteiger partial charge in [-0.1, -0.05) is 0 Å². The molecule has 0 saturated carbocycles. The summed E-state index contributed by atoms with van der Waals surface area (Å²) in [5.41, 5.74) is 0.190. The van der Waals surface area contributed by atoms with Crippen molar-refractivity contribution in [1.29, 1.82) is 0 Å². The van der Waals surface area contributed by atoms with E-state index >= 15 is 0 Å². The van der Waals surface area contributed by atoms with Crippen molar-refractivity contribution in [2.75, 3.05) is 7.11 Å². The van der Waals surface area contributed by atoms with E-state index < -0.39 is 5.82 Å². The summed E-state index contributed by atoms with van der Waals surface area (Å²) in [6.45, 7) is 0. The summed E-state index contributed by atoms with van der Waals surface area (Å²) in [7, 11) is 1.46. The number of benzene rings is 1. The van der Waals surface area contributed by atoms with Crippen LogP contribution >= 0.6 is 11.6 Å². The summed E-state index contributed by atoms with van der Waals surface area (Å²) in [5, 5.41) is 3.30. The fraction of sp³-hybridized carbons (Fsp3) is 0.111. The number of hydrogen-bond acceptors (Lipinski definition) is 4. The SMILES string of the molecule is COc1ccc(-c2nc(Cl)no2)c(F)c1. The molecule has 4 nitrogen and oxygen atoms in total. The number of rotatable bonds is 2. The topological polar surface area (TPSA) is 48.2 Å². The molecule has 0 aliphatic heterocycles. The van der Waals surface area contributed by atoms with E-state index in [0.29, 0.717) is 5.75 Å². The molecule has 0 aliphatic rings. The monoisotopic (exact) mass is 228 g/mol. The zero-order valence-corrected chi connectivity index (χ0v) is 8.45. The molecule has 0 atom stereocenters. The quantitative estimate of drug-likeness (QED) is 0.793. The van der Waals surface area contributed by atoms with E-state index in [4.69, 9.17) is 20.9 Å². The Hall–Kier alpha value is -1.62. The summed E-state index contributed by atoms with van der Waals surface area (Å²) < 4.78 is 23.1. The Morgan fingerprint density at radius 2 is 2.27 bits per heavy atom. The van der Waals surface area contributed by atoms with Crippen LogP contribution in [0.4, 0.5) is 4.39 Å². The van der Waals surface area contributed by atoms with Crippen LogP contribution in [0.2, 0.25) is 5.28 Å². The lowest BCUT2D eigenvalue weighted by molar-refractivity contribution is 0.410. The first kappa shape index (κ1) is 9.92. The molecule has 1 aromatic heterocycles. The van der Waals surface area contributed by atoms with Gasteiger partial charge in [0.2, 0.25) is 0 Å². The van der Waals surface area contributed by atoms with Crippen molar-refractivity contribution < 1.29 is 13.7 Å². The molecule has 15 heavy (non-hydrogen) atoms. The molecule has 2 aromatic rings. The first-order valence-electron chi connectivity index (χ1n) is 4.04. The second-order valence-corrected chi connectivity index (χ2v) is 3.05. The molecule has 2 rings (SSSR count). The van der Waals surface area contributed by atoms with E-state index in [1.165, 1.54) is 19.2 Å². The molecule has 0 radical (unpaired) electrons. The molecule has 0 aliphatic carbocycles. The lowest BCUT2D eigenvalue weighted by Crippen LogP contribution is -1.88. The van der Waals surface area contributed by atoms with Crippen LogP contribution in [0, 0.1) is 5.82 Å². The minimum Gasteiger partial charge on any atom is -0.497 e. The van der Waals surface area contributed by atoms with Gasteiger partial charge in [-0.05, 0) is 28.9 Å². The summed E-state index contributed by atoms with van der Waals surface area (Å²) in [5.74, 6) is -0.0447. The molecule has 1 aromatic carbocycles. The minimum absolute atomic E-state index is 0.0418. The van der Waals surface area contributed by atoms with Crippen molar-refractivity contribution in [3.8, 4) is 17.2 Å². The van der Waals surface area contributed by atoms with Gasteiger partial charge in [-0.3, -0.25) is 0 Å². The molecule has 0 spiro atoms. The number of nitrogens with zero attached hydrogens (tertiary/aromatic N) is 2. The van der Waals surface area contributed by atoms with E-state index in [1.54, 1.807) is 6.07 Å². The van der Waals surface area contributed by atoms with E-state index in [2.05, 4.69) is 10.1 Å². The van der Waals surface area contributed by atoms with E-state index in [0.717, 1.165) is 0 Å². The number of halogens is 2. The Balaban J connectivity index is 2.45. The molecule has 6 heteroatoms. The third-order valence-electron chi connectivity index (χ3n) is 1.81. The van der Waals surface area contributed by atoms with Gasteiger partial charge in [-0.25, -0.2) is 4.39 Å². The predicted octanol–water partition coefficient (Wildman–Crippen LogP) is 2.54. The molecule has 0 bridgehead atoms. The highest BCUT2D eigenvalue weighted by Crippen LogP contribution is 2.25. The van der Waals surface area contributed by atoms with E-state index in [9.17, 15) is 4.39 Å². The van der Waals surface area contributed by atoms with Gasteiger partial charge in [0.05, 0.1) is 12.7 Å². The molecule has 0 amide bonds. The van der Waals surface area contributed by atoms with Gasteiger partial charge in [0.25, 0.3) is 11.2 Å². The maximum atomic E-state index is 13.5. The fourth-order valence-corrected chi connectivity index (χ4v) is 1.22. The Morgan fingerprint density at radius 1 is 1.47 bits per heavy atom. The summed E-state index contributed by atoms with van der Waals surface area (Å²) in [6.07, 6.45) is 0. The molecule has 0 fully saturated rings. The molecule has 78 valence electrons. The Morgan fingerprint density at radius 3 is 2.80 bits per heavy atom. The average Bonchev–Trinajstić information content (AvgIpc) is 2.64. The van der Waals surface area contributed by atoms with Crippen molar-refractivity contribution in [2.45, 2.75) is 0 Å². The molecular formula is C9H6ClFN2O2. The highest BCUT2D eigenvalue weighted by molar-refractivity contribution is 6.28. The molecule has 1 heterocycles. The lowest BCUT2D eigenvalue weighted by atomic mass is 10.2. The van der Waals surface area contributed by atoms with Crippen molar-refractivity contribution in [1.82, 2.24) is 10.1 Å². The third kappa shape index (κ3) is 1.92. The predicted molar refractivity (Wildman–Crippen MR) is 51.3 cm³/mol. The first-order valence-corrected chi connectivity index (χ1v) is 4.41. The Kier molecular flexibility index (Phi) is 2.55. The average molecular weight is 229 g/mol. The van der Waals surface area contributed by atoms with Crippen LogP contribution in [-0.4, -0.2) is 17.3 Å². The van der Waals surface area contributed by atoms with Crippen molar-refractivity contribution >= 4 is 11.6 Å². The highest BCUT2D eigenvalue weighted by Gasteiger charge is 2.12. The van der Waals surface area contributed by atoms with Crippen LogP contribution in [0.25, 0.3) is 11.5 Å². The summed E-state index contributed by atoms with van der Waals surface area (Å²) in [4.78, 5) is 3.70. The third-order valence-corrected chi connectivity index (χ3v) is 1.96. The maximum absolute atomic E-state index is 13.5. The lowest BCUT2D eigenvalue weighted by Gasteiger charge is -2.01. The van der Waals surface area contributed by atoms with Crippen molar-refractivity contribution in [3.05, 3.63) is 29.3 Å². The maximum Gasteiger partial charge on any atom is 0.264 e. The van der Waals surface area contributed by atoms with Gasteiger partial charge in [0.1, 0.15) is 11.6 Å². The largest absolute Gasteiger partial charge is 0.497 e. The van der Waals surface area contributed by atoms with Gasteiger partial charge in [0.15, 0.2) is 0 Å². The van der Waals surface area contributed by atoms with Crippen LogP contribution < -0.4 is 4.74 Å². The van der Waals surface area contributed by atoms with Gasteiger partial charge >= 0.3 is 0 Å². The zero-order chi connectivity index (χ0) is 10.8. The molecular weight excluding hydrogens is 223 g/mol. The fourth-order valence-electron chi connectivity index (χ4n) is 1.11. The second-order valence-electron chi connectivity index (χ2n) is 2.71. The number of ether oxygens (including phenoxy) is 1. The van der Waals surface area contributed by atoms with Crippen molar-refractivity contribution in [2.24, 2.45) is 0 Å². The second kappa shape index (κ2) is 3.86.